The molecule has 1 N–H and O–H groups in total. The Bertz CT molecular complexity index is 737. The van der Waals surface area contributed by atoms with Crippen LogP contribution in [0.1, 0.15) is 29.0 Å². The number of ketones is 1. The molecule has 1 fully saturated rings. The van der Waals surface area contributed by atoms with Crippen LogP contribution in [0.5, 0.6) is 0 Å². The molecular formula is C20H20ClNO2. The van der Waals surface area contributed by atoms with E-state index < -0.39 is 0 Å². The zero-order valence-corrected chi connectivity index (χ0v) is 14.3. The molecule has 3 rings (SSSR count). The van der Waals surface area contributed by atoms with E-state index in [2.05, 4.69) is 17.4 Å². The van der Waals surface area contributed by atoms with Crippen LogP contribution in [0, 0.1) is 12.8 Å². The summed E-state index contributed by atoms with van der Waals surface area (Å²) in [5.74, 6) is -0.165. The molecule has 4 heteroatoms. The van der Waals surface area contributed by atoms with Gasteiger partial charge < -0.3 is 5.32 Å². The lowest BCUT2D eigenvalue weighted by Crippen LogP contribution is -2.23. The van der Waals surface area contributed by atoms with E-state index in [9.17, 15) is 9.59 Å². The molecule has 0 radical (unpaired) electrons. The largest absolute Gasteiger partial charge is 0.355 e. The first-order valence-electron chi connectivity index (χ1n) is 8.13. The Balaban J connectivity index is 1.69. The number of hydrogen-bond donors (Lipinski definition) is 1. The second-order valence-corrected chi connectivity index (χ2v) is 6.85. The van der Waals surface area contributed by atoms with Gasteiger partial charge >= 0.3 is 0 Å². The van der Waals surface area contributed by atoms with E-state index in [1.165, 1.54) is 5.56 Å². The van der Waals surface area contributed by atoms with Gasteiger partial charge in [0.05, 0.1) is 5.92 Å². The molecule has 1 heterocycles. The van der Waals surface area contributed by atoms with Crippen LogP contribution in [0.4, 0.5) is 0 Å². The fourth-order valence-corrected chi connectivity index (χ4v) is 3.34. The van der Waals surface area contributed by atoms with Crippen molar-refractivity contribution in [1.29, 1.82) is 0 Å². The molecule has 0 spiro atoms. The number of halogens is 1. The van der Waals surface area contributed by atoms with Crippen molar-refractivity contribution in [3.63, 3.8) is 0 Å². The van der Waals surface area contributed by atoms with Crippen LogP contribution in [0.15, 0.2) is 48.5 Å². The Labute approximate surface area is 147 Å². The highest BCUT2D eigenvalue weighted by Crippen LogP contribution is 2.32. The Kier molecular flexibility index (Phi) is 5.00. The molecule has 2 aromatic rings. The third-order valence-corrected chi connectivity index (χ3v) is 4.84. The smallest absolute Gasteiger partial charge is 0.224 e. The third-order valence-electron chi connectivity index (χ3n) is 4.59. The van der Waals surface area contributed by atoms with E-state index in [0.717, 1.165) is 11.1 Å². The van der Waals surface area contributed by atoms with Crippen LogP contribution < -0.4 is 5.32 Å². The van der Waals surface area contributed by atoms with Crippen molar-refractivity contribution < 1.29 is 9.59 Å². The Morgan fingerprint density at radius 2 is 1.79 bits per heavy atom. The van der Waals surface area contributed by atoms with Crippen LogP contribution in [0.3, 0.4) is 0 Å². The van der Waals surface area contributed by atoms with Crippen LogP contribution in [0.2, 0.25) is 5.02 Å². The maximum Gasteiger partial charge on any atom is 0.224 e. The average Bonchev–Trinajstić information content (AvgIpc) is 2.91. The van der Waals surface area contributed by atoms with Gasteiger partial charge in [-0.3, -0.25) is 9.59 Å². The van der Waals surface area contributed by atoms with Crippen LogP contribution >= 0.6 is 11.6 Å². The third kappa shape index (κ3) is 3.85. The van der Waals surface area contributed by atoms with Gasteiger partial charge in [-0.25, -0.2) is 0 Å². The lowest BCUT2D eigenvalue weighted by Gasteiger charge is -2.17. The molecule has 124 valence electrons. The van der Waals surface area contributed by atoms with Crippen molar-refractivity contribution in [1.82, 2.24) is 5.32 Å². The molecule has 1 aliphatic rings. The van der Waals surface area contributed by atoms with Gasteiger partial charge in [0, 0.05) is 30.3 Å². The number of carbonyl (C=O) groups excluding carboxylic acids is 2. The van der Waals surface area contributed by atoms with E-state index >= 15 is 0 Å². The fourth-order valence-electron chi connectivity index (χ4n) is 3.21. The van der Waals surface area contributed by atoms with E-state index in [1.807, 2.05) is 31.2 Å². The van der Waals surface area contributed by atoms with Crippen molar-refractivity contribution in [2.45, 2.75) is 25.7 Å². The van der Waals surface area contributed by atoms with Gasteiger partial charge in [0.2, 0.25) is 5.91 Å². The molecule has 0 unspecified atom stereocenters. The molecule has 0 bridgehead atoms. The molecule has 3 nitrogen and oxygen atoms in total. The number of carbonyl (C=O) groups is 2. The number of Topliss-reactive ketones (excluding diaryl/α,β-unsaturated/α-hetero) is 1. The first kappa shape index (κ1) is 16.7. The number of rotatable bonds is 5. The van der Waals surface area contributed by atoms with Gasteiger partial charge in [0.1, 0.15) is 5.78 Å². The summed E-state index contributed by atoms with van der Waals surface area (Å²) in [5.41, 5.74) is 3.23. The average molecular weight is 342 g/mol. The minimum atomic E-state index is -0.285. The zero-order valence-electron chi connectivity index (χ0n) is 13.6. The van der Waals surface area contributed by atoms with E-state index in [0.29, 0.717) is 18.0 Å². The van der Waals surface area contributed by atoms with Gasteiger partial charge in [-0.15, -0.1) is 0 Å². The van der Waals surface area contributed by atoms with Crippen molar-refractivity contribution in [3.05, 3.63) is 70.2 Å². The molecule has 0 aliphatic carbocycles. The molecule has 0 aromatic heterocycles. The number of aryl methyl sites for hydroxylation is 1. The summed E-state index contributed by atoms with van der Waals surface area (Å²) in [7, 11) is 0. The van der Waals surface area contributed by atoms with Crippen molar-refractivity contribution in [3.8, 4) is 0 Å². The zero-order chi connectivity index (χ0) is 17.1. The normalized spacial score (nSPS) is 20.0. The molecule has 24 heavy (non-hydrogen) atoms. The van der Waals surface area contributed by atoms with Crippen molar-refractivity contribution in [2.75, 3.05) is 6.54 Å². The molecule has 1 aliphatic heterocycles. The minimum Gasteiger partial charge on any atom is -0.355 e. The SMILES string of the molecule is Cc1ccc([C@H]2CNC(=O)[C@@H]2CC(=O)Cc2ccc(Cl)cc2)cc1. The van der Waals surface area contributed by atoms with Crippen molar-refractivity contribution in [2.24, 2.45) is 5.92 Å². The van der Waals surface area contributed by atoms with Crippen LogP contribution in [-0.2, 0) is 16.0 Å². The predicted molar refractivity (Wildman–Crippen MR) is 95.2 cm³/mol. The highest BCUT2D eigenvalue weighted by Gasteiger charge is 2.36. The van der Waals surface area contributed by atoms with Crippen LogP contribution in [-0.4, -0.2) is 18.2 Å². The maximum absolute atomic E-state index is 12.4. The lowest BCUT2D eigenvalue weighted by atomic mass is 9.84. The summed E-state index contributed by atoms with van der Waals surface area (Å²) >= 11 is 5.86. The molecule has 2 aromatic carbocycles. The van der Waals surface area contributed by atoms with Crippen molar-refractivity contribution >= 4 is 23.3 Å². The van der Waals surface area contributed by atoms with Gasteiger partial charge in [-0.05, 0) is 30.2 Å². The topological polar surface area (TPSA) is 46.2 Å². The summed E-state index contributed by atoms with van der Waals surface area (Å²) in [6.45, 7) is 2.63. The highest BCUT2D eigenvalue weighted by molar-refractivity contribution is 6.30. The fraction of sp³-hybridized carbons (Fsp3) is 0.300. The first-order valence-corrected chi connectivity index (χ1v) is 8.51. The van der Waals surface area contributed by atoms with Gasteiger partial charge in [0.15, 0.2) is 0 Å². The number of benzene rings is 2. The van der Waals surface area contributed by atoms with E-state index in [-0.39, 0.29) is 29.9 Å². The second-order valence-electron chi connectivity index (χ2n) is 6.41. The van der Waals surface area contributed by atoms with Crippen LogP contribution in [0.25, 0.3) is 0 Å². The summed E-state index contributed by atoms with van der Waals surface area (Å²) < 4.78 is 0. The van der Waals surface area contributed by atoms with Gasteiger partial charge in [0.25, 0.3) is 0 Å². The number of nitrogens with one attached hydrogen (secondary N) is 1. The van der Waals surface area contributed by atoms with E-state index in [4.69, 9.17) is 11.6 Å². The maximum atomic E-state index is 12.4. The summed E-state index contributed by atoms with van der Waals surface area (Å²) in [6, 6.07) is 15.5. The molecule has 0 saturated carbocycles. The second kappa shape index (κ2) is 7.18. The Morgan fingerprint density at radius 1 is 1.12 bits per heavy atom. The predicted octanol–water partition coefficient (Wildman–Crippen LogP) is 3.68. The standard InChI is InChI=1S/C20H20ClNO2/c1-13-2-6-15(7-3-13)19-12-22-20(24)18(19)11-17(23)10-14-4-8-16(21)9-5-14/h2-9,18-19H,10-12H2,1H3,(H,22,24)/t18-,19-/m1/s1. The Hall–Kier alpha value is -2.13. The highest BCUT2D eigenvalue weighted by atomic mass is 35.5. The molecule has 1 saturated heterocycles. The molecule has 1 amide bonds. The van der Waals surface area contributed by atoms with Gasteiger partial charge in [-0.1, -0.05) is 53.6 Å². The summed E-state index contributed by atoms with van der Waals surface area (Å²) in [5, 5.41) is 3.55. The first-order chi connectivity index (χ1) is 11.5. The minimum absolute atomic E-state index is 0.0231. The molecular weight excluding hydrogens is 322 g/mol. The molecule has 2 atom stereocenters. The number of amides is 1. The van der Waals surface area contributed by atoms with E-state index in [1.54, 1.807) is 12.1 Å². The monoisotopic (exact) mass is 341 g/mol. The Morgan fingerprint density at radius 3 is 2.46 bits per heavy atom. The quantitative estimate of drug-likeness (QED) is 0.901. The lowest BCUT2D eigenvalue weighted by molar-refractivity contribution is -0.127. The summed E-state index contributed by atoms with van der Waals surface area (Å²) in [4.78, 5) is 24.6. The summed E-state index contributed by atoms with van der Waals surface area (Å²) in [6.07, 6.45) is 0.606. The van der Waals surface area contributed by atoms with Gasteiger partial charge in [-0.2, -0.15) is 0 Å². The number of hydrogen-bond acceptors (Lipinski definition) is 2.